The molecule has 160 valence electrons. The van der Waals surface area contributed by atoms with Crippen LogP contribution < -0.4 is 4.90 Å². The van der Waals surface area contributed by atoms with Crippen molar-refractivity contribution >= 4 is 22.5 Å². The maximum atomic E-state index is 13.0. The molecule has 0 N–H and O–H groups in total. The third kappa shape index (κ3) is 4.19. The van der Waals surface area contributed by atoms with E-state index in [9.17, 15) is 4.79 Å². The van der Waals surface area contributed by atoms with E-state index >= 15 is 0 Å². The zero-order valence-corrected chi connectivity index (χ0v) is 18.2. The number of carbonyl (C=O) groups excluding carboxylic acids is 1. The summed E-state index contributed by atoms with van der Waals surface area (Å²) in [5, 5.41) is 11.2. The maximum Gasteiger partial charge on any atom is 0.227 e. The molecule has 1 amide bonds. The molecule has 5 heteroatoms. The minimum atomic E-state index is 0.182. The van der Waals surface area contributed by atoms with Gasteiger partial charge in [-0.15, -0.1) is 10.2 Å². The Labute approximate surface area is 188 Å². The quantitative estimate of drug-likeness (QED) is 0.486. The zero-order chi connectivity index (χ0) is 21.9. The molecule has 3 aromatic carbocycles. The van der Waals surface area contributed by atoms with Crippen LogP contribution in [-0.2, 0) is 11.2 Å². The fraction of sp³-hybridized carbons (Fsp3) is 0.222. The van der Waals surface area contributed by atoms with Crippen LogP contribution in [0.25, 0.3) is 22.0 Å². The van der Waals surface area contributed by atoms with E-state index in [1.165, 1.54) is 10.9 Å². The lowest BCUT2D eigenvalue weighted by atomic mass is 10.0. The van der Waals surface area contributed by atoms with Crippen molar-refractivity contribution in [1.29, 1.82) is 0 Å². The number of hydrogen-bond donors (Lipinski definition) is 0. The summed E-state index contributed by atoms with van der Waals surface area (Å²) in [5.74, 6) is 1.05. The molecule has 5 nitrogen and oxygen atoms in total. The van der Waals surface area contributed by atoms with Gasteiger partial charge in [0.2, 0.25) is 5.91 Å². The summed E-state index contributed by atoms with van der Waals surface area (Å²) in [6.45, 7) is 5.00. The first kappa shape index (κ1) is 20.2. The van der Waals surface area contributed by atoms with Crippen LogP contribution in [0.4, 0.5) is 5.82 Å². The SMILES string of the molecule is Cc1ccc(-c2ccc(N3CCN(C(=O)Cc4cccc5ccccc45)CC3)nn2)cc1. The molecule has 0 unspecified atom stereocenters. The van der Waals surface area contributed by atoms with Crippen molar-refractivity contribution in [1.82, 2.24) is 15.1 Å². The highest BCUT2D eigenvalue weighted by molar-refractivity contribution is 5.90. The van der Waals surface area contributed by atoms with Gasteiger partial charge >= 0.3 is 0 Å². The highest BCUT2D eigenvalue weighted by Crippen LogP contribution is 2.22. The first-order valence-electron chi connectivity index (χ1n) is 11.1. The van der Waals surface area contributed by atoms with Gasteiger partial charge in [0.15, 0.2) is 5.82 Å². The molecule has 0 radical (unpaired) electrons. The minimum absolute atomic E-state index is 0.182. The lowest BCUT2D eigenvalue weighted by Gasteiger charge is -2.35. The molecule has 1 saturated heterocycles. The van der Waals surface area contributed by atoms with Crippen molar-refractivity contribution in [3.05, 3.63) is 90.0 Å². The number of fused-ring (bicyclic) bond motifs is 1. The van der Waals surface area contributed by atoms with Crippen molar-refractivity contribution < 1.29 is 4.79 Å². The average Bonchev–Trinajstić information content (AvgIpc) is 2.85. The van der Waals surface area contributed by atoms with Gasteiger partial charge in [-0.05, 0) is 35.4 Å². The normalized spacial score (nSPS) is 14.0. The molecular formula is C27H26N4O. The van der Waals surface area contributed by atoms with E-state index in [4.69, 9.17) is 0 Å². The summed E-state index contributed by atoms with van der Waals surface area (Å²) in [7, 11) is 0. The Morgan fingerprint density at radius 2 is 1.56 bits per heavy atom. The van der Waals surface area contributed by atoms with Gasteiger partial charge < -0.3 is 9.80 Å². The average molecular weight is 423 g/mol. The lowest BCUT2D eigenvalue weighted by Crippen LogP contribution is -2.49. The molecule has 1 aromatic heterocycles. The van der Waals surface area contributed by atoms with Crippen LogP contribution in [-0.4, -0.2) is 47.2 Å². The maximum absolute atomic E-state index is 13.0. The van der Waals surface area contributed by atoms with Crippen LogP contribution in [0, 0.1) is 6.92 Å². The Morgan fingerprint density at radius 3 is 2.31 bits per heavy atom. The number of amides is 1. The molecule has 1 aliphatic heterocycles. The van der Waals surface area contributed by atoms with Crippen molar-refractivity contribution in [2.45, 2.75) is 13.3 Å². The van der Waals surface area contributed by atoms with Crippen molar-refractivity contribution in [2.24, 2.45) is 0 Å². The second-order valence-electron chi connectivity index (χ2n) is 8.33. The number of carbonyl (C=O) groups is 1. The third-order valence-corrected chi connectivity index (χ3v) is 6.18. The van der Waals surface area contributed by atoms with E-state index in [1.54, 1.807) is 0 Å². The molecule has 0 saturated carbocycles. The molecule has 0 atom stereocenters. The molecule has 1 fully saturated rings. The van der Waals surface area contributed by atoms with Gasteiger partial charge in [-0.3, -0.25) is 4.79 Å². The first-order chi connectivity index (χ1) is 15.7. The van der Waals surface area contributed by atoms with Gasteiger partial charge in [0.1, 0.15) is 0 Å². The zero-order valence-electron chi connectivity index (χ0n) is 18.2. The topological polar surface area (TPSA) is 49.3 Å². The van der Waals surface area contributed by atoms with Gasteiger partial charge in [-0.25, -0.2) is 0 Å². The van der Waals surface area contributed by atoms with Crippen molar-refractivity contribution in [3.63, 3.8) is 0 Å². The van der Waals surface area contributed by atoms with Crippen LogP contribution in [0.15, 0.2) is 78.9 Å². The monoisotopic (exact) mass is 422 g/mol. The predicted molar refractivity (Wildman–Crippen MR) is 129 cm³/mol. The molecule has 32 heavy (non-hydrogen) atoms. The summed E-state index contributed by atoms with van der Waals surface area (Å²) in [5.41, 5.74) is 4.26. The van der Waals surface area contributed by atoms with E-state index in [2.05, 4.69) is 70.6 Å². The molecule has 1 aliphatic rings. The van der Waals surface area contributed by atoms with Gasteiger partial charge in [-0.1, -0.05) is 72.3 Å². The van der Waals surface area contributed by atoms with Crippen LogP contribution in [0.3, 0.4) is 0 Å². The molecule has 4 aromatic rings. The van der Waals surface area contributed by atoms with E-state index in [-0.39, 0.29) is 5.91 Å². The van der Waals surface area contributed by atoms with Crippen LogP contribution in [0.2, 0.25) is 0 Å². The molecule has 2 heterocycles. The Bertz CT molecular complexity index is 1220. The van der Waals surface area contributed by atoms with E-state index in [0.717, 1.165) is 41.1 Å². The molecule has 0 bridgehead atoms. The van der Waals surface area contributed by atoms with Crippen LogP contribution in [0.5, 0.6) is 0 Å². The summed E-state index contributed by atoms with van der Waals surface area (Å²) >= 11 is 0. The summed E-state index contributed by atoms with van der Waals surface area (Å²) < 4.78 is 0. The van der Waals surface area contributed by atoms with Crippen molar-refractivity contribution in [2.75, 3.05) is 31.1 Å². The number of hydrogen-bond acceptors (Lipinski definition) is 4. The minimum Gasteiger partial charge on any atom is -0.352 e. The molecular weight excluding hydrogens is 396 g/mol. The Hall–Kier alpha value is -3.73. The summed E-state index contributed by atoms with van der Waals surface area (Å²) in [6, 6.07) is 26.8. The number of piperazine rings is 1. The highest BCUT2D eigenvalue weighted by Gasteiger charge is 2.22. The Morgan fingerprint density at radius 1 is 0.812 bits per heavy atom. The number of anilines is 1. The first-order valence-corrected chi connectivity index (χ1v) is 11.1. The largest absolute Gasteiger partial charge is 0.352 e. The summed E-state index contributed by atoms with van der Waals surface area (Å²) in [6.07, 6.45) is 0.437. The predicted octanol–water partition coefficient (Wildman–Crippen LogP) is 4.50. The van der Waals surface area contributed by atoms with Gasteiger partial charge in [-0.2, -0.15) is 0 Å². The van der Waals surface area contributed by atoms with Gasteiger partial charge in [0, 0.05) is 31.7 Å². The fourth-order valence-corrected chi connectivity index (χ4v) is 4.28. The number of benzene rings is 3. The second-order valence-corrected chi connectivity index (χ2v) is 8.33. The lowest BCUT2D eigenvalue weighted by molar-refractivity contribution is -0.130. The van der Waals surface area contributed by atoms with Crippen LogP contribution in [0.1, 0.15) is 11.1 Å². The molecule has 5 rings (SSSR count). The van der Waals surface area contributed by atoms with E-state index in [1.807, 2.05) is 35.2 Å². The number of rotatable bonds is 4. The Balaban J connectivity index is 1.21. The smallest absolute Gasteiger partial charge is 0.227 e. The van der Waals surface area contributed by atoms with Crippen LogP contribution >= 0.6 is 0 Å². The summed E-state index contributed by atoms with van der Waals surface area (Å²) in [4.78, 5) is 17.1. The van der Waals surface area contributed by atoms with Crippen molar-refractivity contribution in [3.8, 4) is 11.3 Å². The number of aryl methyl sites for hydroxylation is 1. The molecule has 0 aliphatic carbocycles. The van der Waals surface area contributed by atoms with Gasteiger partial charge in [0.25, 0.3) is 0 Å². The fourth-order valence-electron chi connectivity index (χ4n) is 4.28. The standard InChI is InChI=1S/C27H26N4O/c1-20-9-11-22(12-10-20)25-13-14-26(29-28-25)30-15-17-31(18-16-30)27(32)19-23-7-4-6-21-5-2-3-8-24(21)23/h2-14H,15-19H2,1H3. The number of aromatic nitrogens is 2. The highest BCUT2D eigenvalue weighted by atomic mass is 16.2. The Kier molecular flexibility index (Phi) is 5.55. The second kappa shape index (κ2) is 8.79. The van der Waals surface area contributed by atoms with E-state index < -0.39 is 0 Å². The van der Waals surface area contributed by atoms with Gasteiger partial charge in [0.05, 0.1) is 12.1 Å². The van der Waals surface area contributed by atoms with E-state index in [0.29, 0.717) is 19.5 Å². The third-order valence-electron chi connectivity index (χ3n) is 6.18. The number of nitrogens with zero attached hydrogens (tertiary/aromatic N) is 4. The molecule has 0 spiro atoms.